The lowest BCUT2D eigenvalue weighted by Crippen LogP contribution is -2.00. The van der Waals surface area contributed by atoms with Crippen LogP contribution in [0.2, 0.25) is 0 Å². The molecule has 2 aromatic rings. The molecule has 0 radical (unpaired) electrons. The Bertz CT molecular complexity index is 403. The molecule has 0 saturated carbocycles. The van der Waals surface area contributed by atoms with E-state index in [0.717, 1.165) is 6.54 Å². The summed E-state index contributed by atoms with van der Waals surface area (Å²) >= 11 is 1.70. The summed E-state index contributed by atoms with van der Waals surface area (Å²) in [5.74, 6) is 0. The first-order chi connectivity index (χ1) is 7.25. The molecule has 0 aliphatic heterocycles. The molecule has 0 amide bonds. The van der Waals surface area contributed by atoms with Crippen molar-refractivity contribution in [1.29, 1.82) is 0 Å². The van der Waals surface area contributed by atoms with Crippen LogP contribution in [0.5, 0.6) is 0 Å². The van der Waals surface area contributed by atoms with Gasteiger partial charge in [0, 0.05) is 35.4 Å². The smallest absolute Gasteiger partial charge is 0.0539 e. The Morgan fingerprint density at radius 2 is 2.40 bits per heavy atom. The van der Waals surface area contributed by atoms with Crippen molar-refractivity contribution < 1.29 is 0 Å². The Hall–Kier alpha value is -1.29. The van der Waals surface area contributed by atoms with Gasteiger partial charge in [0.15, 0.2) is 0 Å². The normalized spacial score (nSPS) is 10.9. The summed E-state index contributed by atoms with van der Waals surface area (Å²) in [7, 11) is 0. The largest absolute Gasteiger partial charge is 0.380 e. The molecule has 0 aromatic carbocycles. The van der Waals surface area contributed by atoms with Crippen LogP contribution in [0.25, 0.3) is 0 Å². The van der Waals surface area contributed by atoms with Crippen LogP contribution >= 0.6 is 11.3 Å². The molecule has 80 valence electrons. The van der Waals surface area contributed by atoms with E-state index in [2.05, 4.69) is 47.3 Å². The minimum atomic E-state index is 0.430. The number of hydrogen-bond acceptors (Lipinski definition) is 3. The van der Waals surface area contributed by atoms with Gasteiger partial charge in [-0.3, -0.25) is 4.68 Å². The molecule has 2 heterocycles. The molecule has 0 fully saturated rings. The molecule has 2 rings (SSSR count). The van der Waals surface area contributed by atoms with Crippen molar-refractivity contribution in [3.05, 3.63) is 34.8 Å². The minimum Gasteiger partial charge on any atom is -0.380 e. The van der Waals surface area contributed by atoms with Crippen molar-refractivity contribution in [2.75, 3.05) is 5.32 Å². The van der Waals surface area contributed by atoms with E-state index in [4.69, 9.17) is 0 Å². The third kappa shape index (κ3) is 2.59. The van der Waals surface area contributed by atoms with Gasteiger partial charge in [0.25, 0.3) is 0 Å². The second kappa shape index (κ2) is 4.49. The molecule has 0 spiro atoms. The van der Waals surface area contributed by atoms with Gasteiger partial charge < -0.3 is 5.32 Å². The summed E-state index contributed by atoms with van der Waals surface area (Å²) in [5.41, 5.74) is 2.40. The number of aromatic nitrogens is 2. The third-order valence-corrected chi connectivity index (χ3v) is 2.89. The lowest BCUT2D eigenvalue weighted by Gasteiger charge is -2.03. The first kappa shape index (κ1) is 10.2. The Morgan fingerprint density at radius 1 is 1.53 bits per heavy atom. The van der Waals surface area contributed by atoms with Crippen LogP contribution in [0, 0.1) is 0 Å². The van der Waals surface area contributed by atoms with Crippen LogP contribution in [-0.2, 0) is 6.54 Å². The van der Waals surface area contributed by atoms with E-state index in [1.807, 2.05) is 10.9 Å². The van der Waals surface area contributed by atoms with Gasteiger partial charge in [0.1, 0.15) is 0 Å². The summed E-state index contributed by atoms with van der Waals surface area (Å²) in [4.78, 5) is 0. The number of thiophene rings is 1. The average molecular weight is 221 g/mol. The summed E-state index contributed by atoms with van der Waals surface area (Å²) in [6.07, 6.45) is 4.00. The van der Waals surface area contributed by atoms with Crippen LogP contribution < -0.4 is 5.32 Å². The van der Waals surface area contributed by atoms with Crippen LogP contribution in [0.4, 0.5) is 5.69 Å². The van der Waals surface area contributed by atoms with Crippen LogP contribution in [0.1, 0.15) is 25.5 Å². The van der Waals surface area contributed by atoms with Gasteiger partial charge in [-0.1, -0.05) is 0 Å². The predicted molar refractivity (Wildman–Crippen MR) is 64.3 cm³/mol. The summed E-state index contributed by atoms with van der Waals surface area (Å²) in [6.45, 7) is 5.09. The molecule has 3 nitrogen and oxygen atoms in total. The fraction of sp³-hybridized carbons (Fsp3) is 0.364. The van der Waals surface area contributed by atoms with Crippen LogP contribution in [-0.4, -0.2) is 9.78 Å². The van der Waals surface area contributed by atoms with Crippen molar-refractivity contribution in [1.82, 2.24) is 9.78 Å². The number of anilines is 1. The van der Waals surface area contributed by atoms with Gasteiger partial charge in [-0.05, 0) is 25.3 Å². The number of rotatable bonds is 4. The van der Waals surface area contributed by atoms with Gasteiger partial charge in [-0.2, -0.15) is 16.4 Å². The van der Waals surface area contributed by atoms with E-state index in [-0.39, 0.29) is 0 Å². The highest BCUT2D eigenvalue weighted by Crippen LogP contribution is 2.13. The van der Waals surface area contributed by atoms with Crippen molar-refractivity contribution >= 4 is 17.0 Å². The van der Waals surface area contributed by atoms with Gasteiger partial charge in [-0.15, -0.1) is 0 Å². The molecule has 4 heteroatoms. The van der Waals surface area contributed by atoms with Crippen molar-refractivity contribution in [3.8, 4) is 0 Å². The maximum atomic E-state index is 4.29. The Morgan fingerprint density at radius 3 is 3.00 bits per heavy atom. The molecular weight excluding hydrogens is 206 g/mol. The summed E-state index contributed by atoms with van der Waals surface area (Å²) < 4.78 is 1.98. The molecule has 0 aliphatic rings. The van der Waals surface area contributed by atoms with Crippen molar-refractivity contribution in [3.63, 3.8) is 0 Å². The maximum absolute atomic E-state index is 4.29. The van der Waals surface area contributed by atoms with Gasteiger partial charge in [0.05, 0.1) is 6.20 Å². The quantitative estimate of drug-likeness (QED) is 0.859. The second-order valence-corrected chi connectivity index (χ2v) is 4.57. The highest BCUT2D eigenvalue weighted by molar-refractivity contribution is 7.08. The highest BCUT2D eigenvalue weighted by atomic mass is 32.1. The van der Waals surface area contributed by atoms with Crippen molar-refractivity contribution in [2.24, 2.45) is 0 Å². The third-order valence-electron chi connectivity index (χ3n) is 2.20. The highest BCUT2D eigenvalue weighted by Gasteiger charge is 2.01. The molecule has 1 N–H and O–H groups in total. The molecule has 2 aromatic heterocycles. The molecular formula is C11H15N3S. The SMILES string of the molecule is CC(C)n1cc(CNc2ccsc2)cn1. The standard InChI is InChI=1S/C11H15N3S/c1-9(2)14-7-10(6-13-14)5-12-11-3-4-15-8-11/h3-4,6-9,12H,5H2,1-2H3. The molecule has 0 unspecified atom stereocenters. The minimum absolute atomic E-state index is 0.430. The van der Waals surface area contributed by atoms with E-state index < -0.39 is 0 Å². The van der Waals surface area contributed by atoms with E-state index in [1.54, 1.807) is 11.3 Å². The van der Waals surface area contributed by atoms with Crippen LogP contribution in [0.3, 0.4) is 0 Å². The molecule has 0 aliphatic carbocycles. The lowest BCUT2D eigenvalue weighted by molar-refractivity contribution is 0.532. The van der Waals surface area contributed by atoms with Gasteiger partial charge in [0.2, 0.25) is 0 Å². The number of nitrogens with zero attached hydrogens (tertiary/aromatic N) is 2. The average Bonchev–Trinajstić information content (AvgIpc) is 2.86. The molecule has 0 atom stereocenters. The zero-order valence-corrected chi connectivity index (χ0v) is 9.79. The van der Waals surface area contributed by atoms with Gasteiger partial charge in [-0.25, -0.2) is 0 Å². The summed E-state index contributed by atoms with van der Waals surface area (Å²) in [6, 6.07) is 2.51. The topological polar surface area (TPSA) is 29.9 Å². The van der Waals surface area contributed by atoms with Crippen molar-refractivity contribution in [2.45, 2.75) is 26.4 Å². The van der Waals surface area contributed by atoms with E-state index in [1.165, 1.54) is 11.3 Å². The maximum Gasteiger partial charge on any atom is 0.0539 e. The van der Waals surface area contributed by atoms with E-state index in [9.17, 15) is 0 Å². The fourth-order valence-electron chi connectivity index (χ4n) is 1.32. The number of nitrogens with one attached hydrogen (secondary N) is 1. The first-order valence-corrected chi connectivity index (χ1v) is 5.99. The van der Waals surface area contributed by atoms with Gasteiger partial charge >= 0.3 is 0 Å². The second-order valence-electron chi connectivity index (χ2n) is 3.79. The van der Waals surface area contributed by atoms with E-state index >= 15 is 0 Å². The Labute approximate surface area is 93.7 Å². The zero-order chi connectivity index (χ0) is 10.7. The molecule has 0 saturated heterocycles. The molecule has 15 heavy (non-hydrogen) atoms. The fourth-order valence-corrected chi connectivity index (χ4v) is 1.93. The monoisotopic (exact) mass is 221 g/mol. The van der Waals surface area contributed by atoms with Crippen LogP contribution in [0.15, 0.2) is 29.2 Å². The Kier molecular flexibility index (Phi) is 3.06. The molecule has 0 bridgehead atoms. The zero-order valence-electron chi connectivity index (χ0n) is 8.97. The van der Waals surface area contributed by atoms with E-state index in [0.29, 0.717) is 6.04 Å². The lowest BCUT2D eigenvalue weighted by atomic mass is 10.3. The first-order valence-electron chi connectivity index (χ1n) is 5.05. The summed E-state index contributed by atoms with van der Waals surface area (Å²) in [5, 5.41) is 11.8. The Balaban J connectivity index is 1.94. The number of hydrogen-bond donors (Lipinski definition) is 1. The predicted octanol–water partition coefficient (Wildman–Crippen LogP) is 3.14.